The Morgan fingerprint density at radius 3 is 2.73 bits per heavy atom. The zero-order chi connectivity index (χ0) is 18.0. The van der Waals surface area contributed by atoms with Gasteiger partial charge in [-0.25, -0.2) is 0 Å². The molecule has 1 N–H and O–H groups in total. The number of rotatable bonds is 4. The predicted molar refractivity (Wildman–Crippen MR) is 103 cm³/mol. The van der Waals surface area contributed by atoms with Gasteiger partial charge in [0.05, 0.1) is 19.4 Å². The van der Waals surface area contributed by atoms with E-state index in [0.717, 1.165) is 47.1 Å². The molecule has 138 valence electrons. The van der Waals surface area contributed by atoms with Gasteiger partial charge < -0.3 is 19.9 Å². The molecule has 3 saturated heterocycles. The number of fused-ring (bicyclic) bond motifs is 6. The second-order valence-corrected chi connectivity index (χ2v) is 8.08. The highest BCUT2D eigenvalue weighted by molar-refractivity contribution is 5.59. The first kappa shape index (κ1) is 16.1. The highest BCUT2D eigenvalue weighted by Crippen LogP contribution is 2.45. The lowest BCUT2D eigenvalue weighted by atomic mass is 9.91. The van der Waals surface area contributed by atoms with Crippen molar-refractivity contribution in [1.29, 1.82) is 0 Å². The Kier molecular flexibility index (Phi) is 3.51. The Balaban J connectivity index is 1.48. The number of nitrogens with one attached hydrogen (secondary N) is 1. The standard InChI is InChI=1S/C21H28N4O/c1-13-18(14(2)22-16-6-5-7-16)11-24-12-19-23-9-8-17(10-23)25(19)15(3)20(24)21(13)26-4/h11,16-17,19,22H,1-3,5-10,12H2,4H3. The van der Waals surface area contributed by atoms with Crippen LogP contribution >= 0.6 is 0 Å². The largest absolute Gasteiger partial charge is 0.494 e. The third kappa shape index (κ3) is 2.13. The molecule has 1 aliphatic carbocycles. The van der Waals surface area contributed by atoms with E-state index in [2.05, 4.69) is 46.0 Å². The second-order valence-electron chi connectivity index (χ2n) is 8.08. The van der Waals surface area contributed by atoms with E-state index in [0.29, 0.717) is 18.2 Å². The molecule has 4 aliphatic heterocycles. The number of allylic oxidation sites excluding steroid dienone is 2. The molecule has 2 bridgehead atoms. The minimum atomic E-state index is 0.417. The van der Waals surface area contributed by atoms with Crippen molar-refractivity contribution in [2.75, 3.05) is 26.7 Å². The van der Waals surface area contributed by atoms with Crippen LogP contribution in [-0.4, -0.2) is 59.7 Å². The maximum absolute atomic E-state index is 5.83. The molecule has 0 amide bonds. The zero-order valence-corrected chi connectivity index (χ0v) is 15.6. The summed E-state index contributed by atoms with van der Waals surface area (Å²) in [5.74, 6) is 0.834. The monoisotopic (exact) mass is 352 g/mol. The van der Waals surface area contributed by atoms with Crippen LogP contribution in [0.15, 0.2) is 59.9 Å². The average molecular weight is 352 g/mol. The smallest absolute Gasteiger partial charge is 0.151 e. The first-order chi connectivity index (χ1) is 12.6. The van der Waals surface area contributed by atoms with E-state index in [4.69, 9.17) is 4.74 Å². The van der Waals surface area contributed by atoms with Crippen molar-refractivity contribution in [2.24, 2.45) is 0 Å². The third-order valence-electron chi connectivity index (χ3n) is 6.68. The molecule has 0 aromatic heterocycles. The van der Waals surface area contributed by atoms with E-state index in [9.17, 15) is 0 Å². The number of hydrogen-bond acceptors (Lipinski definition) is 5. The van der Waals surface area contributed by atoms with Crippen molar-refractivity contribution in [3.8, 4) is 0 Å². The van der Waals surface area contributed by atoms with Crippen molar-refractivity contribution >= 4 is 0 Å². The van der Waals surface area contributed by atoms with E-state index in [-0.39, 0.29) is 0 Å². The van der Waals surface area contributed by atoms with Gasteiger partial charge in [-0.05, 0) is 25.7 Å². The molecule has 3 unspecified atom stereocenters. The van der Waals surface area contributed by atoms with Gasteiger partial charge in [0, 0.05) is 48.2 Å². The van der Waals surface area contributed by atoms with Crippen LogP contribution in [0.25, 0.3) is 0 Å². The fourth-order valence-electron chi connectivity index (χ4n) is 5.08. The van der Waals surface area contributed by atoms with Crippen molar-refractivity contribution in [3.63, 3.8) is 0 Å². The normalized spacial score (nSPS) is 33.0. The molecule has 5 heteroatoms. The second kappa shape index (κ2) is 5.68. The van der Waals surface area contributed by atoms with E-state index >= 15 is 0 Å². The molecule has 0 spiro atoms. The van der Waals surface area contributed by atoms with Gasteiger partial charge in [-0.15, -0.1) is 0 Å². The van der Waals surface area contributed by atoms with E-state index < -0.39 is 0 Å². The van der Waals surface area contributed by atoms with Crippen LogP contribution in [0, 0.1) is 0 Å². The Morgan fingerprint density at radius 1 is 1.23 bits per heavy atom. The van der Waals surface area contributed by atoms with Gasteiger partial charge in [0.2, 0.25) is 0 Å². The quantitative estimate of drug-likeness (QED) is 0.840. The average Bonchev–Trinajstić information content (AvgIpc) is 3.20. The fourth-order valence-corrected chi connectivity index (χ4v) is 5.08. The molecular formula is C21H28N4O. The summed E-state index contributed by atoms with van der Waals surface area (Å²) in [6.45, 7) is 16.4. The number of methoxy groups -OCH3 is 1. The summed E-state index contributed by atoms with van der Waals surface area (Å²) in [5, 5.41) is 3.57. The Morgan fingerprint density at radius 2 is 2.04 bits per heavy atom. The first-order valence-corrected chi connectivity index (χ1v) is 9.72. The summed E-state index contributed by atoms with van der Waals surface area (Å²) in [6.07, 6.45) is 7.60. The van der Waals surface area contributed by atoms with Gasteiger partial charge in [-0.3, -0.25) is 4.90 Å². The van der Waals surface area contributed by atoms with Gasteiger partial charge in [-0.1, -0.05) is 19.7 Å². The molecule has 5 aliphatic rings. The van der Waals surface area contributed by atoms with E-state index in [1.165, 1.54) is 32.2 Å². The summed E-state index contributed by atoms with van der Waals surface area (Å²) < 4.78 is 5.83. The highest BCUT2D eigenvalue weighted by atomic mass is 16.5. The first-order valence-electron chi connectivity index (χ1n) is 9.72. The van der Waals surface area contributed by atoms with Crippen LogP contribution in [0.1, 0.15) is 25.7 Å². The van der Waals surface area contributed by atoms with Gasteiger partial charge in [0.15, 0.2) is 5.76 Å². The zero-order valence-electron chi connectivity index (χ0n) is 15.6. The number of piperazine rings is 1. The fraction of sp³-hybridized carbons (Fsp3) is 0.524. The van der Waals surface area contributed by atoms with Gasteiger partial charge in [0.1, 0.15) is 11.9 Å². The Labute approximate surface area is 156 Å². The Bertz CT molecular complexity index is 760. The highest BCUT2D eigenvalue weighted by Gasteiger charge is 2.50. The lowest BCUT2D eigenvalue weighted by molar-refractivity contribution is 0.0683. The van der Waals surface area contributed by atoms with Crippen LogP contribution in [0.3, 0.4) is 0 Å². The molecule has 5 nitrogen and oxygen atoms in total. The van der Waals surface area contributed by atoms with E-state index in [1.807, 2.05) is 0 Å². The van der Waals surface area contributed by atoms with Crippen molar-refractivity contribution in [2.45, 2.75) is 43.9 Å². The third-order valence-corrected chi connectivity index (χ3v) is 6.68. The summed E-state index contributed by atoms with van der Waals surface area (Å²) >= 11 is 0. The minimum absolute atomic E-state index is 0.417. The van der Waals surface area contributed by atoms with Crippen molar-refractivity contribution in [1.82, 2.24) is 20.0 Å². The Hall–Kier alpha value is -2.14. The molecule has 5 rings (SSSR count). The van der Waals surface area contributed by atoms with Crippen molar-refractivity contribution < 1.29 is 4.74 Å². The number of nitrogens with zero attached hydrogens (tertiary/aromatic N) is 3. The lowest BCUT2D eigenvalue weighted by Gasteiger charge is -2.49. The maximum atomic E-state index is 5.83. The number of ether oxygens (including phenoxy) is 1. The van der Waals surface area contributed by atoms with Gasteiger partial charge in [0.25, 0.3) is 0 Å². The molecular weight excluding hydrogens is 324 g/mol. The molecule has 1 saturated carbocycles. The topological polar surface area (TPSA) is 31.0 Å². The molecule has 26 heavy (non-hydrogen) atoms. The minimum Gasteiger partial charge on any atom is -0.494 e. The maximum Gasteiger partial charge on any atom is 0.151 e. The molecule has 4 heterocycles. The summed E-state index contributed by atoms with van der Waals surface area (Å²) in [7, 11) is 1.73. The molecule has 0 aromatic carbocycles. The van der Waals surface area contributed by atoms with Gasteiger partial charge >= 0.3 is 0 Å². The SMILES string of the molecule is C=C(NC1CCC1)C1=CN2CC3N4CCC(C4)N3C(=C)C2=C(OC)C1=C. The van der Waals surface area contributed by atoms with Crippen LogP contribution in [0.5, 0.6) is 0 Å². The van der Waals surface area contributed by atoms with Crippen LogP contribution in [-0.2, 0) is 4.74 Å². The van der Waals surface area contributed by atoms with Crippen LogP contribution in [0.4, 0.5) is 0 Å². The van der Waals surface area contributed by atoms with Crippen molar-refractivity contribution in [3.05, 3.63) is 59.9 Å². The van der Waals surface area contributed by atoms with Gasteiger partial charge in [-0.2, -0.15) is 0 Å². The van der Waals surface area contributed by atoms with E-state index in [1.54, 1.807) is 7.11 Å². The number of hydrogen-bond donors (Lipinski definition) is 1. The molecule has 0 radical (unpaired) electrons. The van der Waals surface area contributed by atoms with Crippen LogP contribution < -0.4 is 5.32 Å². The summed E-state index contributed by atoms with van der Waals surface area (Å²) in [5.41, 5.74) is 5.05. The lowest BCUT2D eigenvalue weighted by Crippen LogP contribution is -2.55. The molecule has 0 aromatic rings. The summed E-state index contributed by atoms with van der Waals surface area (Å²) in [6, 6.07) is 1.14. The van der Waals surface area contributed by atoms with Crippen LogP contribution in [0.2, 0.25) is 0 Å². The predicted octanol–water partition coefficient (Wildman–Crippen LogP) is 2.50. The molecule has 4 fully saturated rings. The summed E-state index contributed by atoms with van der Waals surface area (Å²) in [4.78, 5) is 7.39. The molecule has 3 atom stereocenters.